The molecule has 1 unspecified atom stereocenters. The number of amides is 1. The van der Waals surface area contributed by atoms with Gasteiger partial charge in [0.05, 0.1) is 6.42 Å². The van der Waals surface area contributed by atoms with Gasteiger partial charge < -0.3 is 15.3 Å². The van der Waals surface area contributed by atoms with E-state index in [1.54, 1.807) is 0 Å². The number of nitrogens with zero attached hydrogens (tertiary/aromatic N) is 1. The van der Waals surface area contributed by atoms with Crippen LogP contribution in [0, 0.1) is 5.92 Å². The molecule has 1 aliphatic carbocycles. The summed E-state index contributed by atoms with van der Waals surface area (Å²) in [6, 6.07) is 0.761. The molecule has 2 N–H and O–H groups in total. The summed E-state index contributed by atoms with van der Waals surface area (Å²) in [5.74, 6) is -0.515. The van der Waals surface area contributed by atoms with Gasteiger partial charge >= 0.3 is 5.97 Å². The van der Waals surface area contributed by atoms with E-state index in [0.717, 1.165) is 25.6 Å². The van der Waals surface area contributed by atoms with E-state index in [1.807, 2.05) is 0 Å². The summed E-state index contributed by atoms with van der Waals surface area (Å²) in [6.45, 7) is 2.94. The number of carboxylic acid groups (broad SMARTS) is 1. The molecule has 0 aromatic heterocycles. The summed E-state index contributed by atoms with van der Waals surface area (Å²) in [5, 5.41) is 11.4. The lowest BCUT2D eigenvalue weighted by molar-refractivity contribution is -0.138. The lowest BCUT2D eigenvalue weighted by Crippen LogP contribution is -2.36. The average Bonchev–Trinajstić information content (AvgIpc) is 2.93. The van der Waals surface area contributed by atoms with Crippen molar-refractivity contribution in [1.29, 1.82) is 0 Å². The van der Waals surface area contributed by atoms with Crippen LogP contribution >= 0.6 is 0 Å². The number of aliphatic carboxylic acids is 1. The van der Waals surface area contributed by atoms with Crippen molar-refractivity contribution in [3.63, 3.8) is 0 Å². The fourth-order valence-electron chi connectivity index (χ4n) is 3.37. The topological polar surface area (TPSA) is 69.6 Å². The maximum absolute atomic E-state index is 11.5. The van der Waals surface area contributed by atoms with Crippen LogP contribution in [-0.2, 0) is 9.59 Å². The van der Waals surface area contributed by atoms with E-state index in [9.17, 15) is 9.59 Å². The maximum Gasteiger partial charge on any atom is 0.303 e. The van der Waals surface area contributed by atoms with Gasteiger partial charge in [0.25, 0.3) is 0 Å². The van der Waals surface area contributed by atoms with Crippen LogP contribution in [0.1, 0.15) is 51.4 Å². The zero-order valence-corrected chi connectivity index (χ0v) is 12.1. The molecular weight excluding hydrogens is 256 g/mol. The van der Waals surface area contributed by atoms with E-state index in [1.165, 1.54) is 32.1 Å². The molecule has 1 aliphatic heterocycles. The van der Waals surface area contributed by atoms with Gasteiger partial charge in [-0.25, -0.2) is 0 Å². The Hall–Kier alpha value is -1.10. The second kappa shape index (κ2) is 7.62. The molecule has 1 heterocycles. The standard InChI is InChI=1S/C15H26N2O3/c18-14(6-7-15(19)20)16-10-12-8-9-17(11-12)13-4-2-1-3-5-13/h12-13H,1-11H2,(H,16,18)(H,19,20). The summed E-state index contributed by atoms with van der Waals surface area (Å²) in [7, 11) is 0. The van der Waals surface area contributed by atoms with E-state index in [-0.39, 0.29) is 18.7 Å². The number of carbonyl (C=O) groups excluding carboxylic acids is 1. The van der Waals surface area contributed by atoms with Crippen molar-refractivity contribution in [2.75, 3.05) is 19.6 Å². The Bertz CT molecular complexity index is 340. The van der Waals surface area contributed by atoms with Gasteiger partial charge in [0.2, 0.25) is 5.91 Å². The Kier molecular flexibility index (Phi) is 5.83. The first-order valence-corrected chi connectivity index (χ1v) is 7.87. The molecule has 1 saturated heterocycles. The predicted octanol–water partition coefficient (Wildman–Crippen LogP) is 1.62. The van der Waals surface area contributed by atoms with Crippen LogP contribution in [0.25, 0.3) is 0 Å². The Morgan fingerprint density at radius 1 is 1.10 bits per heavy atom. The number of hydrogen-bond acceptors (Lipinski definition) is 3. The third kappa shape index (κ3) is 4.78. The van der Waals surface area contributed by atoms with Gasteiger partial charge in [-0.05, 0) is 31.7 Å². The molecule has 0 aromatic rings. The average molecular weight is 282 g/mol. The minimum Gasteiger partial charge on any atom is -0.481 e. The summed E-state index contributed by atoms with van der Waals surface area (Å²) >= 11 is 0. The van der Waals surface area contributed by atoms with Crippen molar-refractivity contribution in [2.24, 2.45) is 5.92 Å². The van der Waals surface area contributed by atoms with E-state index in [4.69, 9.17) is 5.11 Å². The number of hydrogen-bond donors (Lipinski definition) is 2. The number of rotatable bonds is 6. The summed E-state index contributed by atoms with van der Waals surface area (Å²) in [5.41, 5.74) is 0. The van der Waals surface area contributed by atoms with Gasteiger partial charge in [0.15, 0.2) is 0 Å². The number of likely N-dealkylation sites (tertiary alicyclic amines) is 1. The number of nitrogens with one attached hydrogen (secondary N) is 1. The van der Waals surface area contributed by atoms with Crippen LogP contribution in [0.2, 0.25) is 0 Å². The third-order valence-electron chi connectivity index (χ3n) is 4.56. The van der Waals surface area contributed by atoms with Gasteiger partial charge in [0, 0.05) is 25.6 Å². The van der Waals surface area contributed by atoms with Gasteiger partial charge in [-0.2, -0.15) is 0 Å². The monoisotopic (exact) mass is 282 g/mol. The first-order valence-electron chi connectivity index (χ1n) is 7.87. The number of carboxylic acids is 1. The molecule has 5 heteroatoms. The zero-order chi connectivity index (χ0) is 14.4. The van der Waals surface area contributed by atoms with Crippen molar-refractivity contribution in [3.05, 3.63) is 0 Å². The molecule has 2 aliphatic rings. The molecular formula is C15H26N2O3. The van der Waals surface area contributed by atoms with Gasteiger partial charge in [-0.3, -0.25) is 9.59 Å². The molecule has 0 spiro atoms. The van der Waals surface area contributed by atoms with Gasteiger partial charge in [-0.1, -0.05) is 19.3 Å². The smallest absolute Gasteiger partial charge is 0.303 e. The highest BCUT2D eigenvalue weighted by atomic mass is 16.4. The molecule has 2 fully saturated rings. The highest BCUT2D eigenvalue weighted by Crippen LogP contribution is 2.27. The second-order valence-electron chi connectivity index (χ2n) is 6.14. The quantitative estimate of drug-likeness (QED) is 0.777. The highest BCUT2D eigenvalue weighted by molar-refractivity contribution is 5.80. The van der Waals surface area contributed by atoms with Gasteiger partial charge in [-0.15, -0.1) is 0 Å². The first-order chi connectivity index (χ1) is 9.65. The summed E-state index contributed by atoms with van der Waals surface area (Å²) in [6.07, 6.45) is 7.92. The van der Waals surface area contributed by atoms with Crippen LogP contribution in [0.15, 0.2) is 0 Å². The first kappa shape index (κ1) is 15.3. The van der Waals surface area contributed by atoms with E-state index >= 15 is 0 Å². The third-order valence-corrected chi connectivity index (χ3v) is 4.56. The Balaban J connectivity index is 1.63. The number of carbonyl (C=O) groups is 2. The fourth-order valence-corrected chi connectivity index (χ4v) is 3.37. The summed E-state index contributed by atoms with van der Waals surface area (Å²) in [4.78, 5) is 24.5. The fraction of sp³-hybridized carbons (Fsp3) is 0.867. The molecule has 5 nitrogen and oxygen atoms in total. The molecule has 0 aromatic carbocycles. The van der Waals surface area contributed by atoms with Crippen LogP contribution in [-0.4, -0.2) is 47.6 Å². The molecule has 20 heavy (non-hydrogen) atoms. The SMILES string of the molecule is O=C(O)CCC(=O)NCC1CCN(C2CCCCC2)C1. The molecule has 0 bridgehead atoms. The van der Waals surface area contributed by atoms with Crippen molar-refractivity contribution in [3.8, 4) is 0 Å². The normalized spacial score (nSPS) is 24.7. The van der Waals surface area contributed by atoms with E-state index < -0.39 is 5.97 Å². The molecule has 2 rings (SSSR count). The molecule has 1 saturated carbocycles. The minimum atomic E-state index is -0.913. The zero-order valence-electron chi connectivity index (χ0n) is 12.1. The van der Waals surface area contributed by atoms with Gasteiger partial charge in [0.1, 0.15) is 0 Å². The predicted molar refractivity (Wildman–Crippen MR) is 76.4 cm³/mol. The van der Waals surface area contributed by atoms with Crippen LogP contribution < -0.4 is 5.32 Å². The van der Waals surface area contributed by atoms with Crippen molar-refractivity contribution in [1.82, 2.24) is 10.2 Å². The van der Waals surface area contributed by atoms with E-state index in [0.29, 0.717) is 12.5 Å². The van der Waals surface area contributed by atoms with Crippen LogP contribution in [0.4, 0.5) is 0 Å². The van der Waals surface area contributed by atoms with Crippen molar-refractivity contribution >= 4 is 11.9 Å². The Morgan fingerprint density at radius 3 is 2.55 bits per heavy atom. The molecule has 1 amide bonds. The lowest BCUT2D eigenvalue weighted by atomic mass is 9.94. The highest BCUT2D eigenvalue weighted by Gasteiger charge is 2.29. The van der Waals surface area contributed by atoms with Crippen molar-refractivity contribution in [2.45, 2.75) is 57.4 Å². The molecule has 114 valence electrons. The summed E-state index contributed by atoms with van der Waals surface area (Å²) < 4.78 is 0. The Labute approximate surface area is 120 Å². The Morgan fingerprint density at radius 2 is 1.85 bits per heavy atom. The molecule has 0 radical (unpaired) electrons. The molecule has 1 atom stereocenters. The minimum absolute atomic E-state index is 0.0787. The van der Waals surface area contributed by atoms with Crippen LogP contribution in [0.3, 0.4) is 0 Å². The maximum atomic E-state index is 11.5. The second-order valence-corrected chi connectivity index (χ2v) is 6.14. The van der Waals surface area contributed by atoms with E-state index in [2.05, 4.69) is 10.2 Å². The van der Waals surface area contributed by atoms with Crippen molar-refractivity contribution < 1.29 is 14.7 Å². The van der Waals surface area contributed by atoms with Crippen LogP contribution in [0.5, 0.6) is 0 Å². The lowest BCUT2D eigenvalue weighted by Gasteiger charge is -2.31. The largest absolute Gasteiger partial charge is 0.481 e.